The summed E-state index contributed by atoms with van der Waals surface area (Å²) in [6.07, 6.45) is 1.72. The topological polar surface area (TPSA) is 39.2 Å². The highest BCUT2D eigenvalue weighted by Crippen LogP contribution is 2.26. The zero-order valence-electron chi connectivity index (χ0n) is 10.1. The number of thioether (sulfide) groups is 1. The van der Waals surface area contributed by atoms with Crippen LogP contribution in [-0.2, 0) is 0 Å². The van der Waals surface area contributed by atoms with Crippen LogP contribution in [0, 0.1) is 13.8 Å². The lowest BCUT2D eigenvalue weighted by molar-refractivity contribution is 0.527. The summed E-state index contributed by atoms with van der Waals surface area (Å²) in [7, 11) is 0. The number of nitrogens with two attached hydrogens (primary N) is 1. The van der Waals surface area contributed by atoms with Crippen LogP contribution in [0.3, 0.4) is 0 Å². The van der Waals surface area contributed by atoms with E-state index in [2.05, 4.69) is 31.2 Å². The van der Waals surface area contributed by atoms with Crippen LogP contribution >= 0.6 is 11.8 Å². The van der Waals surface area contributed by atoms with Crippen LogP contribution in [0.2, 0.25) is 0 Å². The van der Waals surface area contributed by atoms with Gasteiger partial charge >= 0.3 is 0 Å². The summed E-state index contributed by atoms with van der Waals surface area (Å²) in [6, 6.07) is 10.5. The lowest BCUT2D eigenvalue weighted by atomic mass is 10.1. The first-order valence-electron chi connectivity index (χ1n) is 5.66. The van der Waals surface area contributed by atoms with Gasteiger partial charge in [-0.25, -0.2) is 0 Å². The molecule has 2 aromatic rings. The molecule has 1 unspecified atom stereocenters. The molecule has 1 aromatic carbocycles. The van der Waals surface area contributed by atoms with Crippen molar-refractivity contribution in [1.82, 2.24) is 0 Å². The zero-order chi connectivity index (χ0) is 12.3. The maximum atomic E-state index is 6.16. The molecule has 3 heteroatoms. The Bertz CT molecular complexity index is 475. The first-order valence-corrected chi connectivity index (χ1v) is 6.64. The second-order valence-electron chi connectivity index (χ2n) is 4.17. The fourth-order valence-corrected chi connectivity index (χ4v) is 2.57. The van der Waals surface area contributed by atoms with Crippen molar-refractivity contribution in [2.45, 2.75) is 24.8 Å². The SMILES string of the molecule is Cc1ccc(C(N)CSc2ccoc2C)cc1. The van der Waals surface area contributed by atoms with Gasteiger partial charge in [0.05, 0.1) is 6.26 Å². The van der Waals surface area contributed by atoms with Gasteiger partial charge in [-0.2, -0.15) is 0 Å². The first-order chi connectivity index (χ1) is 8.16. The maximum Gasteiger partial charge on any atom is 0.114 e. The van der Waals surface area contributed by atoms with Crippen molar-refractivity contribution in [2.24, 2.45) is 5.73 Å². The number of furan rings is 1. The third-order valence-corrected chi connectivity index (χ3v) is 4.00. The molecule has 2 N–H and O–H groups in total. The number of hydrogen-bond acceptors (Lipinski definition) is 3. The van der Waals surface area contributed by atoms with Gasteiger partial charge < -0.3 is 10.2 Å². The molecular formula is C14H17NOS. The molecule has 0 radical (unpaired) electrons. The van der Waals surface area contributed by atoms with Crippen molar-refractivity contribution in [2.75, 3.05) is 5.75 Å². The smallest absolute Gasteiger partial charge is 0.114 e. The molecule has 1 heterocycles. The average Bonchev–Trinajstić information content (AvgIpc) is 2.73. The van der Waals surface area contributed by atoms with Crippen LogP contribution in [0.4, 0.5) is 0 Å². The zero-order valence-corrected chi connectivity index (χ0v) is 11.0. The van der Waals surface area contributed by atoms with Crippen molar-refractivity contribution >= 4 is 11.8 Å². The van der Waals surface area contributed by atoms with Crippen molar-refractivity contribution in [3.05, 3.63) is 53.5 Å². The minimum Gasteiger partial charge on any atom is -0.468 e. The van der Waals surface area contributed by atoms with Crippen LogP contribution in [0.5, 0.6) is 0 Å². The molecule has 1 aromatic heterocycles. The first kappa shape index (κ1) is 12.3. The molecule has 0 spiro atoms. The van der Waals surface area contributed by atoms with E-state index in [4.69, 9.17) is 10.2 Å². The van der Waals surface area contributed by atoms with E-state index in [-0.39, 0.29) is 6.04 Å². The third kappa shape index (κ3) is 3.14. The second-order valence-corrected chi connectivity index (χ2v) is 5.23. The van der Waals surface area contributed by atoms with E-state index in [1.807, 2.05) is 13.0 Å². The highest BCUT2D eigenvalue weighted by atomic mass is 32.2. The minimum absolute atomic E-state index is 0.0647. The summed E-state index contributed by atoms with van der Waals surface area (Å²) in [5.74, 6) is 1.83. The van der Waals surface area contributed by atoms with Gasteiger partial charge in [-0.1, -0.05) is 29.8 Å². The highest BCUT2D eigenvalue weighted by molar-refractivity contribution is 7.99. The Labute approximate surface area is 106 Å². The van der Waals surface area contributed by atoms with Crippen LogP contribution in [0.15, 0.2) is 45.9 Å². The fourth-order valence-electron chi connectivity index (χ4n) is 1.61. The van der Waals surface area contributed by atoms with Gasteiger partial charge in [-0.3, -0.25) is 0 Å². The molecule has 0 aliphatic heterocycles. The van der Waals surface area contributed by atoms with E-state index >= 15 is 0 Å². The Morgan fingerprint density at radius 3 is 2.47 bits per heavy atom. The van der Waals surface area contributed by atoms with E-state index in [9.17, 15) is 0 Å². The van der Waals surface area contributed by atoms with E-state index in [1.165, 1.54) is 16.0 Å². The summed E-state index contributed by atoms with van der Waals surface area (Å²) in [6.45, 7) is 4.05. The Hall–Kier alpha value is -1.19. The predicted molar refractivity (Wildman–Crippen MR) is 72.3 cm³/mol. The maximum absolute atomic E-state index is 6.16. The lowest BCUT2D eigenvalue weighted by Gasteiger charge is -2.11. The van der Waals surface area contributed by atoms with E-state index in [1.54, 1.807) is 18.0 Å². The molecule has 90 valence electrons. The molecule has 2 nitrogen and oxygen atoms in total. The molecular weight excluding hydrogens is 230 g/mol. The fraction of sp³-hybridized carbons (Fsp3) is 0.286. The van der Waals surface area contributed by atoms with Crippen LogP contribution < -0.4 is 5.73 Å². The monoisotopic (exact) mass is 247 g/mol. The third-order valence-electron chi connectivity index (χ3n) is 2.74. The molecule has 0 fully saturated rings. The number of hydrogen-bond donors (Lipinski definition) is 1. The Morgan fingerprint density at radius 2 is 1.88 bits per heavy atom. The highest BCUT2D eigenvalue weighted by Gasteiger charge is 2.08. The molecule has 17 heavy (non-hydrogen) atoms. The number of aryl methyl sites for hydroxylation is 2. The molecule has 0 amide bonds. The van der Waals surface area contributed by atoms with Gasteiger partial charge in [-0.15, -0.1) is 11.8 Å². The lowest BCUT2D eigenvalue weighted by Crippen LogP contribution is -2.12. The normalized spacial score (nSPS) is 12.6. The van der Waals surface area contributed by atoms with Gasteiger partial charge in [0.1, 0.15) is 5.76 Å². The van der Waals surface area contributed by atoms with Gasteiger partial charge in [0.15, 0.2) is 0 Å². The summed E-state index contributed by atoms with van der Waals surface area (Å²) in [5, 5.41) is 0. The van der Waals surface area contributed by atoms with E-state index < -0.39 is 0 Å². The van der Waals surface area contributed by atoms with E-state index in [0.29, 0.717) is 0 Å². The quantitative estimate of drug-likeness (QED) is 0.837. The summed E-state index contributed by atoms with van der Waals surface area (Å²) in [5.41, 5.74) is 8.61. The Morgan fingerprint density at radius 1 is 1.18 bits per heavy atom. The Kier molecular flexibility index (Phi) is 3.92. The molecule has 0 bridgehead atoms. The van der Waals surface area contributed by atoms with Crippen LogP contribution in [0.25, 0.3) is 0 Å². The summed E-state index contributed by atoms with van der Waals surface area (Å²) in [4.78, 5) is 1.17. The van der Waals surface area contributed by atoms with Crippen molar-refractivity contribution in [3.8, 4) is 0 Å². The molecule has 1 atom stereocenters. The summed E-state index contributed by atoms with van der Waals surface area (Å²) >= 11 is 1.74. The minimum atomic E-state index is 0.0647. The van der Waals surface area contributed by atoms with Crippen LogP contribution in [0.1, 0.15) is 22.9 Å². The van der Waals surface area contributed by atoms with Crippen molar-refractivity contribution in [1.29, 1.82) is 0 Å². The second kappa shape index (κ2) is 5.43. The molecule has 0 saturated heterocycles. The van der Waals surface area contributed by atoms with Gasteiger partial charge in [0.2, 0.25) is 0 Å². The summed E-state index contributed by atoms with van der Waals surface area (Å²) < 4.78 is 5.26. The van der Waals surface area contributed by atoms with Gasteiger partial charge in [-0.05, 0) is 25.5 Å². The predicted octanol–water partition coefficient (Wildman–Crippen LogP) is 3.69. The standard InChI is InChI=1S/C14H17NOS/c1-10-3-5-12(6-4-10)13(15)9-17-14-7-8-16-11(14)2/h3-8,13H,9,15H2,1-2H3. The number of rotatable bonds is 4. The van der Waals surface area contributed by atoms with Crippen LogP contribution in [-0.4, -0.2) is 5.75 Å². The molecule has 0 aliphatic carbocycles. The van der Waals surface area contributed by atoms with Crippen molar-refractivity contribution < 1.29 is 4.42 Å². The Balaban J connectivity index is 1.95. The van der Waals surface area contributed by atoms with E-state index in [0.717, 1.165) is 11.5 Å². The van der Waals surface area contributed by atoms with Gasteiger partial charge in [0, 0.05) is 16.7 Å². The largest absolute Gasteiger partial charge is 0.468 e. The molecule has 0 aliphatic rings. The molecule has 0 saturated carbocycles. The average molecular weight is 247 g/mol. The molecule has 2 rings (SSSR count). The van der Waals surface area contributed by atoms with Crippen molar-refractivity contribution in [3.63, 3.8) is 0 Å². The number of benzene rings is 1. The van der Waals surface area contributed by atoms with Gasteiger partial charge in [0.25, 0.3) is 0 Å².